The predicted octanol–water partition coefficient (Wildman–Crippen LogP) is 3.51. The van der Waals surface area contributed by atoms with Crippen molar-refractivity contribution in [1.29, 1.82) is 0 Å². The number of thiazole rings is 1. The van der Waals surface area contributed by atoms with Crippen LogP contribution in [0.15, 0.2) is 58.8 Å². The van der Waals surface area contributed by atoms with E-state index in [0.29, 0.717) is 31.2 Å². The van der Waals surface area contributed by atoms with E-state index in [1.54, 1.807) is 42.7 Å². The number of benzene rings is 2. The molecule has 2 aromatic carbocycles. The van der Waals surface area contributed by atoms with E-state index < -0.39 is 10.0 Å². The highest BCUT2D eigenvalue weighted by Gasteiger charge is 2.26. The molecule has 0 unspecified atom stereocenters. The monoisotopic (exact) mass is 416 g/mol. The number of rotatable bonds is 5. The van der Waals surface area contributed by atoms with Gasteiger partial charge >= 0.3 is 0 Å². The largest absolute Gasteiger partial charge is 0.497 e. The third-order valence-electron chi connectivity index (χ3n) is 4.58. The lowest BCUT2D eigenvalue weighted by Crippen LogP contribution is -2.40. The molecule has 2 heterocycles. The van der Waals surface area contributed by atoms with E-state index >= 15 is 0 Å². The van der Waals surface area contributed by atoms with Gasteiger partial charge in [-0.3, -0.25) is 0 Å². The quantitative estimate of drug-likeness (QED) is 0.637. The Morgan fingerprint density at radius 1 is 1.07 bits per heavy atom. The number of aromatic nitrogens is 1. The van der Waals surface area contributed by atoms with Gasteiger partial charge in [0.15, 0.2) is 0 Å². The lowest BCUT2D eigenvalue weighted by Gasteiger charge is -2.26. The van der Waals surface area contributed by atoms with Crippen LogP contribution in [-0.2, 0) is 14.8 Å². The van der Waals surface area contributed by atoms with Gasteiger partial charge in [-0.2, -0.15) is 4.31 Å². The molecule has 6 nitrogen and oxygen atoms in total. The summed E-state index contributed by atoms with van der Waals surface area (Å²) in [7, 11) is -1.85. The fraction of sp³-hybridized carbons (Fsp3) is 0.250. The van der Waals surface area contributed by atoms with E-state index in [-0.39, 0.29) is 0 Å². The third-order valence-corrected chi connectivity index (χ3v) is 7.38. The van der Waals surface area contributed by atoms with Crippen LogP contribution in [0.2, 0.25) is 0 Å². The average Bonchev–Trinajstić information content (AvgIpc) is 3.25. The van der Waals surface area contributed by atoms with Crippen molar-refractivity contribution in [2.45, 2.75) is 4.90 Å². The molecule has 28 heavy (non-hydrogen) atoms. The van der Waals surface area contributed by atoms with Crippen molar-refractivity contribution in [3.05, 3.63) is 53.9 Å². The van der Waals surface area contributed by atoms with Crippen molar-refractivity contribution in [1.82, 2.24) is 9.29 Å². The fourth-order valence-electron chi connectivity index (χ4n) is 3.03. The Morgan fingerprint density at radius 2 is 1.82 bits per heavy atom. The van der Waals surface area contributed by atoms with E-state index in [1.807, 2.05) is 29.6 Å². The smallest absolute Gasteiger partial charge is 0.243 e. The highest BCUT2D eigenvalue weighted by atomic mass is 32.2. The molecular formula is C20H20N2O4S2. The zero-order chi connectivity index (χ0) is 19.6. The molecule has 1 fully saturated rings. The Hall–Kier alpha value is -2.26. The third kappa shape index (κ3) is 3.81. The van der Waals surface area contributed by atoms with Crippen molar-refractivity contribution in [2.75, 3.05) is 33.4 Å². The molecule has 0 amide bonds. The minimum atomic E-state index is -3.48. The maximum absolute atomic E-state index is 12.7. The average molecular weight is 417 g/mol. The van der Waals surface area contributed by atoms with Crippen molar-refractivity contribution < 1.29 is 17.9 Å². The van der Waals surface area contributed by atoms with Gasteiger partial charge in [0.25, 0.3) is 0 Å². The molecule has 146 valence electrons. The van der Waals surface area contributed by atoms with Gasteiger partial charge in [-0.15, -0.1) is 11.3 Å². The molecule has 1 aromatic heterocycles. The van der Waals surface area contributed by atoms with E-state index in [2.05, 4.69) is 0 Å². The summed E-state index contributed by atoms with van der Waals surface area (Å²) in [5.41, 5.74) is 2.69. The summed E-state index contributed by atoms with van der Waals surface area (Å²) < 4.78 is 37.4. The molecule has 1 aliphatic heterocycles. The summed E-state index contributed by atoms with van der Waals surface area (Å²) in [5.74, 6) is 0.784. The lowest BCUT2D eigenvalue weighted by atomic mass is 10.2. The number of nitrogens with zero attached hydrogens (tertiary/aromatic N) is 2. The normalized spacial score (nSPS) is 15.5. The summed E-state index contributed by atoms with van der Waals surface area (Å²) in [5, 5.41) is 2.86. The van der Waals surface area contributed by atoms with Crippen LogP contribution in [-0.4, -0.2) is 51.1 Å². The van der Waals surface area contributed by atoms with Crippen LogP contribution in [0.1, 0.15) is 0 Å². The molecular weight excluding hydrogens is 396 g/mol. The summed E-state index contributed by atoms with van der Waals surface area (Å²) in [6, 6.07) is 14.7. The molecule has 0 aliphatic carbocycles. The minimum absolute atomic E-state index is 0.293. The van der Waals surface area contributed by atoms with Gasteiger partial charge in [-0.25, -0.2) is 13.4 Å². The maximum atomic E-state index is 12.7. The highest BCUT2D eigenvalue weighted by molar-refractivity contribution is 7.89. The Morgan fingerprint density at radius 3 is 2.54 bits per heavy atom. The Bertz CT molecular complexity index is 1060. The topological polar surface area (TPSA) is 68.7 Å². The minimum Gasteiger partial charge on any atom is -0.497 e. The van der Waals surface area contributed by atoms with Crippen molar-refractivity contribution >= 4 is 21.4 Å². The SMILES string of the molecule is COc1cccc(-c2nc(-c3ccc(S(=O)(=O)N4CCOCC4)cc3)cs2)c1. The molecule has 0 radical (unpaired) electrons. The summed E-state index contributed by atoms with van der Waals surface area (Å²) in [6.07, 6.45) is 0. The highest BCUT2D eigenvalue weighted by Crippen LogP contribution is 2.31. The van der Waals surface area contributed by atoms with Gasteiger partial charge in [0.05, 0.1) is 30.9 Å². The Kier molecular flexibility index (Phi) is 5.45. The molecule has 1 aliphatic rings. The van der Waals surface area contributed by atoms with Crippen LogP contribution in [0.25, 0.3) is 21.8 Å². The van der Waals surface area contributed by atoms with Crippen molar-refractivity contribution in [3.8, 4) is 27.6 Å². The molecule has 1 saturated heterocycles. The first-order valence-corrected chi connectivity index (χ1v) is 11.2. The van der Waals surface area contributed by atoms with Crippen molar-refractivity contribution in [3.63, 3.8) is 0 Å². The zero-order valence-electron chi connectivity index (χ0n) is 15.4. The Labute approximate surface area is 168 Å². The summed E-state index contributed by atoms with van der Waals surface area (Å²) >= 11 is 1.54. The van der Waals surface area contributed by atoms with Crippen molar-refractivity contribution in [2.24, 2.45) is 0 Å². The van der Waals surface area contributed by atoms with Gasteiger partial charge < -0.3 is 9.47 Å². The second-order valence-corrected chi connectivity index (χ2v) is 9.11. The number of sulfonamides is 1. The zero-order valence-corrected chi connectivity index (χ0v) is 17.0. The van der Waals surface area contributed by atoms with E-state index in [0.717, 1.165) is 27.6 Å². The van der Waals surface area contributed by atoms with Crippen LogP contribution >= 0.6 is 11.3 Å². The second-order valence-electron chi connectivity index (χ2n) is 6.31. The fourth-order valence-corrected chi connectivity index (χ4v) is 5.26. The van der Waals surface area contributed by atoms with E-state index in [1.165, 1.54) is 4.31 Å². The van der Waals surface area contributed by atoms with Gasteiger partial charge in [0.1, 0.15) is 10.8 Å². The van der Waals surface area contributed by atoms with Gasteiger partial charge in [-0.05, 0) is 24.3 Å². The van der Waals surface area contributed by atoms with E-state index in [9.17, 15) is 8.42 Å². The molecule has 0 bridgehead atoms. The number of ether oxygens (including phenoxy) is 2. The standard InChI is InChI=1S/C20H20N2O4S2/c1-25-17-4-2-3-16(13-17)20-21-19(14-27-20)15-5-7-18(8-6-15)28(23,24)22-9-11-26-12-10-22/h2-8,13-14H,9-12H2,1H3. The molecule has 0 N–H and O–H groups in total. The first-order chi connectivity index (χ1) is 13.6. The number of hydrogen-bond acceptors (Lipinski definition) is 6. The van der Waals surface area contributed by atoms with Gasteiger partial charge in [0.2, 0.25) is 10.0 Å². The van der Waals surface area contributed by atoms with Crippen LogP contribution in [0, 0.1) is 0 Å². The molecule has 3 aromatic rings. The molecule has 0 atom stereocenters. The van der Waals surface area contributed by atoms with Crippen LogP contribution in [0.3, 0.4) is 0 Å². The molecule has 0 spiro atoms. The summed E-state index contributed by atoms with van der Waals surface area (Å²) in [6.45, 7) is 1.65. The molecule has 4 rings (SSSR count). The van der Waals surface area contributed by atoms with Crippen LogP contribution in [0.5, 0.6) is 5.75 Å². The lowest BCUT2D eigenvalue weighted by molar-refractivity contribution is 0.0730. The van der Waals surface area contributed by atoms with E-state index in [4.69, 9.17) is 14.5 Å². The number of methoxy groups -OCH3 is 1. The summed E-state index contributed by atoms with van der Waals surface area (Å²) in [4.78, 5) is 4.99. The Balaban J connectivity index is 1.57. The van der Waals surface area contributed by atoms with Crippen LogP contribution in [0.4, 0.5) is 0 Å². The number of morpholine rings is 1. The number of hydrogen-bond donors (Lipinski definition) is 0. The molecule has 0 saturated carbocycles. The molecule has 8 heteroatoms. The maximum Gasteiger partial charge on any atom is 0.243 e. The second kappa shape index (κ2) is 8.00. The van der Waals surface area contributed by atoms with Crippen LogP contribution < -0.4 is 4.74 Å². The predicted molar refractivity (Wildman–Crippen MR) is 109 cm³/mol. The first kappa shape index (κ1) is 19.1. The van der Waals surface area contributed by atoms with Gasteiger partial charge in [-0.1, -0.05) is 24.3 Å². The first-order valence-electron chi connectivity index (χ1n) is 8.86. The van der Waals surface area contributed by atoms with Gasteiger partial charge in [0, 0.05) is 29.6 Å².